The van der Waals surface area contributed by atoms with Crippen LogP contribution >= 0.6 is 0 Å². The van der Waals surface area contributed by atoms with E-state index < -0.39 is 12.0 Å². The van der Waals surface area contributed by atoms with E-state index >= 15 is 0 Å². The van der Waals surface area contributed by atoms with Crippen molar-refractivity contribution in [1.82, 2.24) is 5.32 Å². The van der Waals surface area contributed by atoms with Crippen molar-refractivity contribution in [2.45, 2.75) is 72.8 Å². The van der Waals surface area contributed by atoms with Gasteiger partial charge in [-0.2, -0.15) is 0 Å². The van der Waals surface area contributed by atoms with E-state index in [1.165, 1.54) is 0 Å². The van der Waals surface area contributed by atoms with E-state index in [0.717, 1.165) is 32.1 Å². The van der Waals surface area contributed by atoms with Crippen LogP contribution in [0.15, 0.2) is 0 Å². The lowest BCUT2D eigenvalue weighted by Gasteiger charge is -2.36. The Kier molecular flexibility index (Phi) is 6.24. The Hall–Kier alpha value is -1.06. The summed E-state index contributed by atoms with van der Waals surface area (Å²) in [4.78, 5) is 23.6. The Labute approximate surface area is 128 Å². The van der Waals surface area contributed by atoms with Gasteiger partial charge in [-0.25, -0.2) is 4.79 Å². The summed E-state index contributed by atoms with van der Waals surface area (Å²) in [5.41, 5.74) is 0.293. The molecule has 0 aromatic carbocycles. The summed E-state index contributed by atoms with van der Waals surface area (Å²) in [6, 6.07) is -0.761. The van der Waals surface area contributed by atoms with E-state index in [2.05, 4.69) is 26.1 Å². The van der Waals surface area contributed by atoms with Gasteiger partial charge in [0.15, 0.2) is 0 Å². The molecular formula is C17H31NO3. The summed E-state index contributed by atoms with van der Waals surface area (Å²) < 4.78 is 0. The van der Waals surface area contributed by atoms with E-state index in [1.807, 2.05) is 13.8 Å². The number of amides is 1. The molecule has 122 valence electrons. The zero-order valence-electron chi connectivity index (χ0n) is 14.1. The minimum atomic E-state index is -0.930. The molecule has 1 unspecified atom stereocenters. The van der Waals surface area contributed by atoms with E-state index in [4.69, 9.17) is 0 Å². The highest BCUT2D eigenvalue weighted by molar-refractivity contribution is 5.85. The lowest BCUT2D eigenvalue weighted by molar-refractivity contribution is -0.144. The minimum Gasteiger partial charge on any atom is -0.480 e. The highest BCUT2D eigenvalue weighted by Gasteiger charge is 2.34. The molecule has 1 saturated carbocycles. The lowest BCUT2D eigenvalue weighted by atomic mass is 9.69. The van der Waals surface area contributed by atoms with Crippen molar-refractivity contribution < 1.29 is 14.7 Å². The SMILES string of the molecule is CCC(C)[C@H](NC(=O)C1CCC(C(C)(C)C)CC1)C(=O)O. The first-order valence-corrected chi connectivity index (χ1v) is 8.20. The van der Waals surface area contributed by atoms with Crippen LogP contribution in [0, 0.1) is 23.2 Å². The maximum absolute atomic E-state index is 12.3. The molecule has 0 radical (unpaired) electrons. The fraction of sp³-hybridized carbons (Fsp3) is 0.882. The molecule has 0 aromatic heterocycles. The molecule has 0 heterocycles. The quantitative estimate of drug-likeness (QED) is 0.816. The third-order valence-electron chi connectivity index (χ3n) is 5.10. The maximum Gasteiger partial charge on any atom is 0.326 e. The van der Waals surface area contributed by atoms with Crippen LogP contribution in [0.3, 0.4) is 0 Å². The van der Waals surface area contributed by atoms with Crippen molar-refractivity contribution in [3.63, 3.8) is 0 Å². The van der Waals surface area contributed by atoms with Gasteiger partial charge < -0.3 is 10.4 Å². The van der Waals surface area contributed by atoms with Crippen molar-refractivity contribution in [1.29, 1.82) is 0 Å². The highest BCUT2D eigenvalue weighted by atomic mass is 16.4. The Bertz CT molecular complexity index is 365. The number of carboxylic acid groups (broad SMARTS) is 1. The first-order valence-electron chi connectivity index (χ1n) is 8.20. The summed E-state index contributed by atoms with van der Waals surface area (Å²) in [7, 11) is 0. The number of hydrogen-bond acceptors (Lipinski definition) is 2. The zero-order chi connectivity index (χ0) is 16.2. The molecule has 2 N–H and O–H groups in total. The van der Waals surface area contributed by atoms with E-state index in [-0.39, 0.29) is 17.7 Å². The van der Waals surface area contributed by atoms with Crippen molar-refractivity contribution in [3.8, 4) is 0 Å². The second-order valence-corrected chi connectivity index (χ2v) is 7.62. The normalized spacial score (nSPS) is 26.0. The molecule has 21 heavy (non-hydrogen) atoms. The van der Waals surface area contributed by atoms with E-state index in [0.29, 0.717) is 11.3 Å². The zero-order valence-corrected chi connectivity index (χ0v) is 14.1. The maximum atomic E-state index is 12.3. The Morgan fingerprint density at radius 1 is 1.19 bits per heavy atom. The van der Waals surface area contributed by atoms with Crippen LogP contribution in [0.5, 0.6) is 0 Å². The van der Waals surface area contributed by atoms with Crippen molar-refractivity contribution >= 4 is 11.9 Å². The van der Waals surface area contributed by atoms with Gasteiger partial charge in [0.1, 0.15) is 6.04 Å². The third-order valence-corrected chi connectivity index (χ3v) is 5.10. The second kappa shape index (κ2) is 7.28. The first-order chi connectivity index (χ1) is 9.66. The molecule has 1 aliphatic rings. The third kappa shape index (κ3) is 5.01. The predicted molar refractivity (Wildman–Crippen MR) is 83.9 cm³/mol. The van der Waals surface area contributed by atoms with Gasteiger partial charge >= 0.3 is 5.97 Å². The summed E-state index contributed by atoms with van der Waals surface area (Å²) in [5.74, 6) is -0.408. The van der Waals surface area contributed by atoms with Gasteiger partial charge in [0, 0.05) is 5.92 Å². The van der Waals surface area contributed by atoms with Crippen LogP contribution in [0.2, 0.25) is 0 Å². The summed E-state index contributed by atoms with van der Waals surface area (Å²) in [6.45, 7) is 10.6. The lowest BCUT2D eigenvalue weighted by Crippen LogP contribution is -2.47. The number of aliphatic carboxylic acids is 1. The second-order valence-electron chi connectivity index (χ2n) is 7.62. The summed E-state index contributed by atoms with van der Waals surface area (Å²) in [6.07, 6.45) is 4.61. The number of nitrogens with one attached hydrogen (secondary N) is 1. The fourth-order valence-electron chi connectivity index (χ4n) is 3.18. The topological polar surface area (TPSA) is 66.4 Å². The van der Waals surface area contributed by atoms with Gasteiger partial charge in [-0.3, -0.25) is 4.79 Å². The molecule has 1 fully saturated rings. The minimum absolute atomic E-state index is 0.0190. The summed E-state index contributed by atoms with van der Waals surface area (Å²) in [5, 5.41) is 12.0. The Balaban J connectivity index is 2.55. The van der Waals surface area contributed by atoms with Crippen LogP contribution in [0.25, 0.3) is 0 Å². The molecule has 0 spiro atoms. The van der Waals surface area contributed by atoms with Gasteiger partial charge in [-0.05, 0) is 42.9 Å². The van der Waals surface area contributed by atoms with Gasteiger partial charge in [-0.15, -0.1) is 0 Å². The molecule has 4 heteroatoms. The van der Waals surface area contributed by atoms with Gasteiger partial charge in [-0.1, -0.05) is 41.0 Å². The molecule has 2 atom stereocenters. The molecule has 0 saturated heterocycles. The molecule has 1 rings (SSSR count). The van der Waals surface area contributed by atoms with Crippen LogP contribution in [-0.4, -0.2) is 23.0 Å². The molecular weight excluding hydrogens is 266 g/mol. The van der Waals surface area contributed by atoms with Crippen LogP contribution in [0.1, 0.15) is 66.7 Å². The smallest absolute Gasteiger partial charge is 0.326 e. The predicted octanol–water partition coefficient (Wildman–Crippen LogP) is 3.45. The van der Waals surface area contributed by atoms with Crippen LogP contribution in [0.4, 0.5) is 0 Å². The number of hydrogen-bond donors (Lipinski definition) is 2. The average Bonchev–Trinajstić information content (AvgIpc) is 2.42. The molecule has 4 nitrogen and oxygen atoms in total. The average molecular weight is 297 g/mol. The van der Waals surface area contributed by atoms with Gasteiger partial charge in [0.05, 0.1) is 0 Å². The largest absolute Gasteiger partial charge is 0.480 e. The number of carboxylic acids is 1. The molecule has 0 aliphatic heterocycles. The van der Waals surface area contributed by atoms with E-state index in [1.54, 1.807) is 0 Å². The fourth-order valence-corrected chi connectivity index (χ4v) is 3.18. The number of carbonyl (C=O) groups is 2. The monoisotopic (exact) mass is 297 g/mol. The molecule has 0 bridgehead atoms. The number of carbonyl (C=O) groups excluding carboxylic acids is 1. The molecule has 0 aromatic rings. The van der Waals surface area contributed by atoms with Gasteiger partial charge in [0.2, 0.25) is 5.91 Å². The molecule has 1 aliphatic carbocycles. The number of rotatable bonds is 5. The van der Waals surface area contributed by atoms with Gasteiger partial charge in [0.25, 0.3) is 0 Å². The Morgan fingerprint density at radius 3 is 2.10 bits per heavy atom. The highest BCUT2D eigenvalue weighted by Crippen LogP contribution is 2.39. The van der Waals surface area contributed by atoms with Crippen LogP contribution in [-0.2, 0) is 9.59 Å². The summed E-state index contributed by atoms with van der Waals surface area (Å²) >= 11 is 0. The molecule has 1 amide bonds. The Morgan fingerprint density at radius 2 is 1.71 bits per heavy atom. The standard InChI is InChI=1S/C17H31NO3/c1-6-11(2)14(16(20)21)18-15(19)12-7-9-13(10-8-12)17(3,4)5/h11-14H,6-10H2,1-5H3,(H,18,19)(H,20,21)/t11?,12?,13?,14-/m0/s1. The first kappa shape index (κ1) is 18.0. The van der Waals surface area contributed by atoms with Crippen LogP contribution < -0.4 is 5.32 Å². The van der Waals surface area contributed by atoms with Crippen molar-refractivity contribution in [2.24, 2.45) is 23.2 Å². The van der Waals surface area contributed by atoms with Crippen molar-refractivity contribution in [2.75, 3.05) is 0 Å². The van der Waals surface area contributed by atoms with Crippen molar-refractivity contribution in [3.05, 3.63) is 0 Å². The van der Waals surface area contributed by atoms with E-state index in [9.17, 15) is 14.7 Å².